The van der Waals surface area contributed by atoms with Crippen molar-refractivity contribution in [3.63, 3.8) is 0 Å². The monoisotopic (exact) mass is 327 g/mol. The van der Waals surface area contributed by atoms with Gasteiger partial charge in [0.05, 0.1) is 11.7 Å². The molecule has 0 aliphatic carbocycles. The minimum atomic E-state index is -0.450. The van der Waals surface area contributed by atoms with E-state index in [0.717, 1.165) is 0 Å². The van der Waals surface area contributed by atoms with Crippen molar-refractivity contribution in [2.75, 3.05) is 5.32 Å². The maximum atomic E-state index is 13.7. The lowest BCUT2D eigenvalue weighted by Crippen LogP contribution is -2.09. The first-order valence-electron chi connectivity index (χ1n) is 5.68. The number of nitrogens with one attached hydrogen (secondary N) is 1. The van der Waals surface area contributed by atoms with Gasteiger partial charge in [-0.25, -0.2) is 8.78 Å². The molecule has 1 atom stereocenters. The molecule has 5 heteroatoms. The largest absolute Gasteiger partial charge is 0.508 e. The first-order valence-corrected chi connectivity index (χ1v) is 6.47. The zero-order chi connectivity index (χ0) is 14.0. The lowest BCUT2D eigenvalue weighted by atomic mass is 10.1. The van der Waals surface area contributed by atoms with Crippen molar-refractivity contribution in [2.45, 2.75) is 13.0 Å². The maximum Gasteiger partial charge on any atom is 0.147 e. The Hall–Kier alpha value is -1.62. The summed E-state index contributed by atoms with van der Waals surface area (Å²) in [7, 11) is 0. The fourth-order valence-electron chi connectivity index (χ4n) is 1.80. The molecule has 2 nitrogen and oxygen atoms in total. The van der Waals surface area contributed by atoms with Gasteiger partial charge in [-0.1, -0.05) is 6.07 Å². The van der Waals surface area contributed by atoms with Crippen LogP contribution in [0.25, 0.3) is 0 Å². The Balaban J connectivity index is 2.31. The van der Waals surface area contributed by atoms with Crippen molar-refractivity contribution in [1.82, 2.24) is 0 Å². The molecule has 19 heavy (non-hydrogen) atoms. The van der Waals surface area contributed by atoms with Crippen LogP contribution in [0.3, 0.4) is 0 Å². The van der Waals surface area contributed by atoms with Crippen LogP contribution < -0.4 is 5.32 Å². The third kappa shape index (κ3) is 3.04. The highest BCUT2D eigenvalue weighted by molar-refractivity contribution is 9.10. The fraction of sp³-hybridized carbons (Fsp3) is 0.143. The predicted octanol–water partition coefficient (Wildman–Crippen LogP) is 4.61. The fourth-order valence-corrected chi connectivity index (χ4v) is 2.26. The first-order chi connectivity index (χ1) is 8.99. The summed E-state index contributed by atoms with van der Waals surface area (Å²) in [4.78, 5) is 0. The standard InChI is InChI=1S/C14H12BrF2NO/c1-8(10-7-9(16)5-6-13(10)19)18-14-11(15)3-2-4-12(14)17/h2-8,18-19H,1H3. The van der Waals surface area contributed by atoms with Crippen molar-refractivity contribution in [3.8, 4) is 5.75 Å². The molecule has 0 amide bonds. The number of rotatable bonds is 3. The summed E-state index contributed by atoms with van der Waals surface area (Å²) in [5.41, 5.74) is 0.647. The second kappa shape index (κ2) is 5.57. The Labute approximate surface area is 118 Å². The summed E-state index contributed by atoms with van der Waals surface area (Å²) in [5, 5.41) is 12.6. The van der Waals surface area contributed by atoms with Crippen LogP contribution in [0, 0.1) is 11.6 Å². The normalized spacial score (nSPS) is 12.2. The third-order valence-electron chi connectivity index (χ3n) is 2.78. The van der Waals surface area contributed by atoms with E-state index < -0.39 is 17.7 Å². The van der Waals surface area contributed by atoms with Crippen molar-refractivity contribution in [3.05, 3.63) is 58.1 Å². The van der Waals surface area contributed by atoms with E-state index in [1.54, 1.807) is 19.1 Å². The zero-order valence-electron chi connectivity index (χ0n) is 10.1. The van der Waals surface area contributed by atoms with E-state index in [0.29, 0.717) is 10.0 Å². The van der Waals surface area contributed by atoms with Crippen LogP contribution in [0.1, 0.15) is 18.5 Å². The molecular formula is C14H12BrF2NO. The van der Waals surface area contributed by atoms with Gasteiger partial charge in [-0.15, -0.1) is 0 Å². The van der Waals surface area contributed by atoms with Crippen molar-refractivity contribution < 1.29 is 13.9 Å². The van der Waals surface area contributed by atoms with Gasteiger partial charge in [0.25, 0.3) is 0 Å². The number of phenolic OH excluding ortho intramolecular Hbond substituents is 1. The molecule has 0 radical (unpaired) electrons. The third-order valence-corrected chi connectivity index (χ3v) is 3.44. The number of phenols is 1. The molecule has 0 aliphatic heterocycles. The minimum Gasteiger partial charge on any atom is -0.508 e. The number of anilines is 1. The van der Waals surface area contributed by atoms with Gasteiger partial charge in [0.1, 0.15) is 17.4 Å². The van der Waals surface area contributed by atoms with Gasteiger partial charge in [0.2, 0.25) is 0 Å². The molecule has 2 N–H and O–H groups in total. The SMILES string of the molecule is CC(Nc1c(F)cccc1Br)c1cc(F)ccc1O. The van der Waals surface area contributed by atoms with Gasteiger partial charge in [0, 0.05) is 10.0 Å². The van der Waals surface area contributed by atoms with Gasteiger partial charge in [-0.2, -0.15) is 0 Å². The molecule has 0 saturated heterocycles. The summed E-state index contributed by atoms with van der Waals surface area (Å²) in [6, 6.07) is 7.83. The van der Waals surface area contributed by atoms with Crippen LogP contribution in [0.2, 0.25) is 0 Å². The van der Waals surface area contributed by atoms with E-state index in [1.807, 2.05) is 0 Å². The molecule has 2 aromatic carbocycles. The van der Waals surface area contributed by atoms with Crippen LogP contribution >= 0.6 is 15.9 Å². The molecule has 0 heterocycles. The molecule has 0 aromatic heterocycles. The number of hydrogen-bond acceptors (Lipinski definition) is 2. The smallest absolute Gasteiger partial charge is 0.147 e. The van der Waals surface area contributed by atoms with E-state index >= 15 is 0 Å². The van der Waals surface area contributed by atoms with Crippen LogP contribution in [-0.2, 0) is 0 Å². The summed E-state index contributed by atoms with van der Waals surface area (Å²) < 4.78 is 27.4. The summed E-state index contributed by atoms with van der Waals surface area (Å²) in [6.45, 7) is 1.72. The molecule has 0 saturated carbocycles. The maximum absolute atomic E-state index is 13.7. The Bertz CT molecular complexity index is 584. The van der Waals surface area contributed by atoms with Gasteiger partial charge < -0.3 is 10.4 Å². The molecule has 0 aliphatic rings. The Morgan fingerprint density at radius 1 is 1.21 bits per heavy atom. The lowest BCUT2D eigenvalue weighted by molar-refractivity contribution is 0.462. The van der Waals surface area contributed by atoms with Crippen molar-refractivity contribution in [2.24, 2.45) is 0 Å². The van der Waals surface area contributed by atoms with E-state index in [2.05, 4.69) is 21.2 Å². The molecule has 0 bridgehead atoms. The highest BCUT2D eigenvalue weighted by Crippen LogP contribution is 2.32. The molecule has 0 fully saturated rings. The Kier molecular flexibility index (Phi) is 4.04. The quantitative estimate of drug-likeness (QED) is 0.863. The summed E-state index contributed by atoms with van der Waals surface area (Å²) >= 11 is 3.24. The highest BCUT2D eigenvalue weighted by Gasteiger charge is 2.14. The van der Waals surface area contributed by atoms with Crippen molar-refractivity contribution >= 4 is 21.6 Å². The molecule has 100 valence electrons. The van der Waals surface area contributed by atoms with E-state index in [-0.39, 0.29) is 11.4 Å². The van der Waals surface area contributed by atoms with Crippen LogP contribution in [0.5, 0.6) is 5.75 Å². The molecule has 0 spiro atoms. The lowest BCUT2D eigenvalue weighted by Gasteiger charge is -2.18. The first kappa shape index (κ1) is 13.8. The van der Waals surface area contributed by atoms with Gasteiger partial charge in [-0.05, 0) is 53.2 Å². The molecule has 1 unspecified atom stereocenters. The number of benzene rings is 2. The van der Waals surface area contributed by atoms with Gasteiger partial charge in [0.15, 0.2) is 0 Å². The average molecular weight is 328 g/mol. The molecule has 2 rings (SSSR count). The Morgan fingerprint density at radius 2 is 1.95 bits per heavy atom. The highest BCUT2D eigenvalue weighted by atomic mass is 79.9. The van der Waals surface area contributed by atoms with E-state index in [4.69, 9.17) is 0 Å². The second-order valence-electron chi connectivity index (χ2n) is 4.17. The Morgan fingerprint density at radius 3 is 2.63 bits per heavy atom. The van der Waals surface area contributed by atoms with Crippen LogP contribution in [0.15, 0.2) is 40.9 Å². The molecule has 2 aromatic rings. The average Bonchev–Trinajstić information content (AvgIpc) is 2.37. The van der Waals surface area contributed by atoms with Crippen molar-refractivity contribution in [1.29, 1.82) is 0 Å². The number of halogens is 3. The number of hydrogen-bond donors (Lipinski definition) is 2. The number of para-hydroxylation sites is 1. The van der Waals surface area contributed by atoms with Crippen LogP contribution in [0.4, 0.5) is 14.5 Å². The topological polar surface area (TPSA) is 32.3 Å². The van der Waals surface area contributed by atoms with Crippen LogP contribution in [-0.4, -0.2) is 5.11 Å². The summed E-state index contributed by atoms with van der Waals surface area (Å²) in [5.74, 6) is -0.903. The zero-order valence-corrected chi connectivity index (χ0v) is 11.7. The van der Waals surface area contributed by atoms with E-state index in [9.17, 15) is 13.9 Å². The second-order valence-corrected chi connectivity index (χ2v) is 5.02. The number of aromatic hydroxyl groups is 1. The summed E-state index contributed by atoms with van der Waals surface area (Å²) in [6.07, 6.45) is 0. The van der Waals surface area contributed by atoms with Gasteiger partial charge in [-0.3, -0.25) is 0 Å². The minimum absolute atomic E-state index is 0.0335. The van der Waals surface area contributed by atoms with E-state index in [1.165, 1.54) is 24.3 Å². The molecular weight excluding hydrogens is 316 g/mol. The van der Waals surface area contributed by atoms with Gasteiger partial charge >= 0.3 is 0 Å². The predicted molar refractivity (Wildman–Crippen MR) is 74.2 cm³/mol.